The summed E-state index contributed by atoms with van der Waals surface area (Å²) in [6, 6.07) is 14.9. The van der Waals surface area contributed by atoms with Gasteiger partial charge in [-0.2, -0.15) is 0 Å². The standard InChI is InChI=1S/C25H27N3O4/c1-19(29)28-15-13-27(14-16-28)18-22-7-2-3-8-23(22)24(30)11-9-20-5-4-6-21(17-20)10-12-25(31)26-32/h2-12,17,32H,13-16,18H2,1H3,(H,26,31). The second-order valence-electron chi connectivity index (χ2n) is 7.62. The number of nitrogens with zero attached hydrogens (tertiary/aromatic N) is 2. The van der Waals surface area contributed by atoms with Gasteiger partial charge in [0.15, 0.2) is 5.78 Å². The Hall–Kier alpha value is -3.55. The van der Waals surface area contributed by atoms with Crippen LogP contribution < -0.4 is 5.48 Å². The minimum atomic E-state index is -0.611. The fraction of sp³-hybridized carbons (Fsp3) is 0.240. The number of piperazine rings is 1. The number of carbonyl (C=O) groups excluding carboxylic acids is 3. The molecule has 1 heterocycles. The molecule has 2 N–H and O–H groups in total. The molecule has 1 fully saturated rings. The number of rotatable bonds is 7. The van der Waals surface area contributed by atoms with Crippen molar-refractivity contribution in [3.63, 3.8) is 0 Å². The Bertz CT molecular complexity index is 1040. The first-order valence-electron chi connectivity index (χ1n) is 10.5. The average molecular weight is 434 g/mol. The van der Waals surface area contributed by atoms with Crippen LogP contribution >= 0.6 is 0 Å². The van der Waals surface area contributed by atoms with E-state index in [0.29, 0.717) is 25.2 Å². The van der Waals surface area contributed by atoms with E-state index >= 15 is 0 Å². The first-order chi connectivity index (χ1) is 15.5. The third kappa shape index (κ3) is 6.47. The number of ketones is 1. The minimum Gasteiger partial charge on any atom is -0.340 e. The second kappa shape index (κ2) is 11.2. The molecule has 1 aliphatic rings. The molecular formula is C25H27N3O4. The van der Waals surface area contributed by atoms with Crippen LogP contribution in [-0.4, -0.2) is 58.8 Å². The Labute approximate surface area is 187 Å². The first-order valence-corrected chi connectivity index (χ1v) is 10.5. The van der Waals surface area contributed by atoms with Crippen LogP contribution in [0, 0.1) is 0 Å². The number of hydroxylamine groups is 1. The molecular weight excluding hydrogens is 406 g/mol. The molecule has 7 nitrogen and oxygen atoms in total. The molecule has 7 heteroatoms. The molecule has 1 saturated heterocycles. The number of amides is 2. The molecule has 0 radical (unpaired) electrons. The van der Waals surface area contributed by atoms with E-state index in [-0.39, 0.29) is 11.7 Å². The Kier molecular flexibility index (Phi) is 8.08. The van der Waals surface area contributed by atoms with E-state index in [1.54, 1.807) is 30.6 Å². The monoisotopic (exact) mass is 433 g/mol. The second-order valence-corrected chi connectivity index (χ2v) is 7.62. The summed E-state index contributed by atoms with van der Waals surface area (Å²) in [5, 5.41) is 8.56. The zero-order valence-corrected chi connectivity index (χ0v) is 18.0. The quantitative estimate of drug-likeness (QED) is 0.303. The molecule has 166 valence electrons. The van der Waals surface area contributed by atoms with Crippen LogP contribution in [-0.2, 0) is 16.1 Å². The van der Waals surface area contributed by atoms with Gasteiger partial charge < -0.3 is 4.90 Å². The van der Waals surface area contributed by atoms with Gasteiger partial charge in [0, 0.05) is 51.3 Å². The topological polar surface area (TPSA) is 90.0 Å². The van der Waals surface area contributed by atoms with E-state index in [4.69, 9.17) is 5.21 Å². The molecule has 2 aromatic carbocycles. The van der Waals surface area contributed by atoms with Crippen LogP contribution in [0.4, 0.5) is 0 Å². The third-order valence-corrected chi connectivity index (χ3v) is 5.37. The van der Waals surface area contributed by atoms with Gasteiger partial charge in [0.05, 0.1) is 0 Å². The van der Waals surface area contributed by atoms with Crippen LogP contribution in [0.3, 0.4) is 0 Å². The molecule has 1 aliphatic heterocycles. The summed E-state index contributed by atoms with van der Waals surface area (Å²) in [5.74, 6) is -0.592. The zero-order valence-electron chi connectivity index (χ0n) is 18.0. The summed E-state index contributed by atoms with van der Waals surface area (Å²) < 4.78 is 0. The van der Waals surface area contributed by atoms with Crippen LogP contribution in [0.2, 0.25) is 0 Å². The van der Waals surface area contributed by atoms with Crippen molar-refractivity contribution in [3.05, 3.63) is 82.9 Å². The number of allylic oxidation sites excluding steroid dienone is 1. The molecule has 0 bridgehead atoms. The maximum absolute atomic E-state index is 12.9. The first kappa shape index (κ1) is 23.1. The van der Waals surface area contributed by atoms with E-state index in [1.807, 2.05) is 53.4 Å². The van der Waals surface area contributed by atoms with Gasteiger partial charge in [0.2, 0.25) is 5.91 Å². The van der Waals surface area contributed by atoms with Gasteiger partial charge in [-0.15, -0.1) is 0 Å². The number of nitrogens with one attached hydrogen (secondary N) is 1. The number of hydrogen-bond donors (Lipinski definition) is 2. The van der Waals surface area contributed by atoms with Crippen molar-refractivity contribution in [2.24, 2.45) is 0 Å². The van der Waals surface area contributed by atoms with Crippen LogP contribution in [0.5, 0.6) is 0 Å². The van der Waals surface area contributed by atoms with Gasteiger partial charge in [-0.05, 0) is 34.9 Å². The van der Waals surface area contributed by atoms with E-state index in [0.717, 1.165) is 29.8 Å². The fourth-order valence-corrected chi connectivity index (χ4v) is 3.60. The summed E-state index contributed by atoms with van der Waals surface area (Å²) in [4.78, 5) is 39.7. The van der Waals surface area contributed by atoms with Gasteiger partial charge in [0.25, 0.3) is 5.91 Å². The van der Waals surface area contributed by atoms with Crippen LogP contribution in [0.15, 0.2) is 60.7 Å². The van der Waals surface area contributed by atoms with Crippen molar-refractivity contribution in [2.45, 2.75) is 13.5 Å². The van der Waals surface area contributed by atoms with Crippen LogP contribution in [0.25, 0.3) is 12.2 Å². The lowest BCUT2D eigenvalue weighted by atomic mass is 10.0. The average Bonchev–Trinajstić information content (AvgIpc) is 2.82. The Morgan fingerprint density at radius 2 is 1.59 bits per heavy atom. The van der Waals surface area contributed by atoms with Crippen molar-refractivity contribution in [1.29, 1.82) is 0 Å². The van der Waals surface area contributed by atoms with Crippen molar-refractivity contribution in [2.75, 3.05) is 26.2 Å². The Morgan fingerprint density at radius 3 is 2.25 bits per heavy atom. The maximum Gasteiger partial charge on any atom is 0.267 e. The molecule has 0 aliphatic carbocycles. The fourth-order valence-electron chi connectivity index (χ4n) is 3.60. The number of hydrogen-bond acceptors (Lipinski definition) is 5. The van der Waals surface area contributed by atoms with Crippen molar-refractivity contribution in [1.82, 2.24) is 15.3 Å². The molecule has 0 saturated carbocycles. The largest absolute Gasteiger partial charge is 0.340 e. The van der Waals surface area contributed by atoms with E-state index in [9.17, 15) is 14.4 Å². The highest BCUT2D eigenvalue weighted by Crippen LogP contribution is 2.16. The Balaban J connectivity index is 1.67. The molecule has 3 rings (SSSR count). The lowest BCUT2D eigenvalue weighted by Gasteiger charge is -2.34. The van der Waals surface area contributed by atoms with Crippen molar-refractivity contribution >= 4 is 29.7 Å². The summed E-state index contributed by atoms with van der Waals surface area (Å²) in [5.41, 5.74) is 4.76. The van der Waals surface area contributed by atoms with Crippen molar-refractivity contribution in [3.8, 4) is 0 Å². The minimum absolute atomic E-state index is 0.0800. The molecule has 0 aromatic heterocycles. The summed E-state index contributed by atoms with van der Waals surface area (Å²) in [6.45, 7) is 5.23. The predicted octanol–water partition coefficient (Wildman–Crippen LogP) is 2.77. The zero-order chi connectivity index (χ0) is 22.9. The smallest absolute Gasteiger partial charge is 0.267 e. The lowest BCUT2D eigenvalue weighted by Crippen LogP contribution is -2.47. The highest BCUT2D eigenvalue weighted by atomic mass is 16.5. The summed E-state index contributed by atoms with van der Waals surface area (Å²) in [6.07, 6.45) is 6.09. The molecule has 0 spiro atoms. The maximum atomic E-state index is 12.9. The third-order valence-electron chi connectivity index (χ3n) is 5.37. The van der Waals surface area contributed by atoms with Crippen molar-refractivity contribution < 1.29 is 19.6 Å². The normalized spacial score (nSPS) is 14.8. The highest BCUT2D eigenvalue weighted by molar-refractivity contribution is 6.07. The van der Waals surface area contributed by atoms with Gasteiger partial charge in [0.1, 0.15) is 0 Å². The van der Waals surface area contributed by atoms with E-state index < -0.39 is 5.91 Å². The van der Waals surface area contributed by atoms with Crippen LogP contribution in [0.1, 0.15) is 34.0 Å². The summed E-state index contributed by atoms with van der Waals surface area (Å²) in [7, 11) is 0. The molecule has 32 heavy (non-hydrogen) atoms. The highest BCUT2D eigenvalue weighted by Gasteiger charge is 2.20. The Morgan fingerprint density at radius 1 is 0.938 bits per heavy atom. The van der Waals surface area contributed by atoms with Gasteiger partial charge >= 0.3 is 0 Å². The molecule has 0 unspecified atom stereocenters. The number of carbonyl (C=O) groups is 3. The van der Waals surface area contributed by atoms with E-state index in [1.165, 1.54) is 6.08 Å². The molecule has 2 aromatic rings. The SMILES string of the molecule is CC(=O)N1CCN(Cc2ccccc2C(=O)C=Cc2cccc(C=CC(=O)NO)c2)CC1. The summed E-state index contributed by atoms with van der Waals surface area (Å²) >= 11 is 0. The number of benzene rings is 2. The van der Waals surface area contributed by atoms with E-state index in [2.05, 4.69) is 4.90 Å². The van der Waals surface area contributed by atoms with Gasteiger partial charge in [-0.3, -0.25) is 24.5 Å². The van der Waals surface area contributed by atoms with Gasteiger partial charge in [-0.25, -0.2) is 5.48 Å². The lowest BCUT2D eigenvalue weighted by molar-refractivity contribution is -0.130. The molecule has 0 atom stereocenters. The molecule has 2 amide bonds. The van der Waals surface area contributed by atoms with Gasteiger partial charge in [-0.1, -0.05) is 48.5 Å². The predicted molar refractivity (Wildman–Crippen MR) is 123 cm³/mol.